The Kier molecular flexibility index (Phi) is 16.4. The Morgan fingerprint density at radius 1 is 0.529 bits per heavy atom. The highest BCUT2D eigenvalue weighted by molar-refractivity contribution is 7.80. The van der Waals surface area contributed by atoms with Crippen LogP contribution in [0.4, 0.5) is 5.69 Å². The van der Waals surface area contributed by atoms with E-state index in [9.17, 15) is 4.79 Å². The first kappa shape index (κ1) is 28.5. The summed E-state index contributed by atoms with van der Waals surface area (Å²) in [6.45, 7) is 1.00. The van der Waals surface area contributed by atoms with Gasteiger partial charge in [-0.3, -0.25) is 4.79 Å². The molecular weight excluding hydrogens is 434 g/mol. The largest absolute Gasteiger partial charge is 0.385 e. The number of nitrogens with one attached hydrogen (secondary N) is 1. The molecule has 0 radical (unpaired) electrons. The van der Waals surface area contributed by atoms with Crippen molar-refractivity contribution in [2.75, 3.05) is 17.6 Å². The molecule has 0 heterocycles. The summed E-state index contributed by atoms with van der Waals surface area (Å²) in [7, 11) is 0. The molecule has 0 saturated carbocycles. The van der Waals surface area contributed by atoms with E-state index in [1.165, 1.54) is 103 Å². The maximum absolute atomic E-state index is 12.5. The highest BCUT2D eigenvalue weighted by Gasteiger charge is 2.07. The van der Waals surface area contributed by atoms with Gasteiger partial charge in [0.25, 0.3) is 0 Å². The third-order valence-electron chi connectivity index (χ3n) is 6.60. The van der Waals surface area contributed by atoms with Crippen LogP contribution in [0.25, 0.3) is 0 Å². The smallest absolute Gasteiger partial charge is 0.193 e. The predicted molar refractivity (Wildman–Crippen MR) is 153 cm³/mol. The summed E-state index contributed by atoms with van der Waals surface area (Å²) in [6.07, 6.45) is 22.1. The monoisotopic (exact) mass is 481 g/mol. The van der Waals surface area contributed by atoms with Gasteiger partial charge in [0, 0.05) is 23.4 Å². The van der Waals surface area contributed by atoms with E-state index < -0.39 is 0 Å². The molecule has 2 nitrogen and oxygen atoms in total. The number of carbonyl (C=O) groups excluding carboxylic acids is 1. The zero-order valence-corrected chi connectivity index (χ0v) is 22.2. The highest BCUT2D eigenvalue weighted by atomic mass is 32.1. The Morgan fingerprint density at radius 3 is 1.41 bits per heavy atom. The Morgan fingerprint density at radius 2 is 0.941 bits per heavy atom. The van der Waals surface area contributed by atoms with Crippen molar-refractivity contribution in [2.45, 2.75) is 103 Å². The van der Waals surface area contributed by atoms with Crippen LogP contribution in [0.2, 0.25) is 0 Å². The SMILES string of the molecule is O=C(c1ccccc1)c1ccc(NCCCCCCCCCCCCCCCCCCS)cc1. The van der Waals surface area contributed by atoms with E-state index in [4.69, 9.17) is 0 Å². The van der Waals surface area contributed by atoms with Crippen LogP contribution in [0, 0.1) is 0 Å². The number of benzene rings is 2. The van der Waals surface area contributed by atoms with Gasteiger partial charge in [0.2, 0.25) is 0 Å². The maximum atomic E-state index is 12.5. The first-order valence-corrected chi connectivity index (χ1v) is 14.5. The Bertz CT molecular complexity index is 744. The quantitative estimate of drug-likeness (QED) is 0.106. The molecule has 0 aliphatic heterocycles. The van der Waals surface area contributed by atoms with Gasteiger partial charge in [-0.05, 0) is 42.9 Å². The number of unbranched alkanes of at least 4 members (excludes halogenated alkanes) is 15. The first-order chi connectivity index (χ1) is 16.8. The fourth-order valence-electron chi connectivity index (χ4n) is 4.44. The average Bonchev–Trinajstić information content (AvgIpc) is 2.88. The minimum absolute atomic E-state index is 0.0817. The van der Waals surface area contributed by atoms with Crippen LogP contribution >= 0.6 is 12.6 Å². The molecule has 34 heavy (non-hydrogen) atoms. The second kappa shape index (κ2) is 19.6. The summed E-state index contributed by atoms with van der Waals surface area (Å²) in [5.74, 6) is 1.13. The zero-order chi connectivity index (χ0) is 24.1. The third kappa shape index (κ3) is 13.2. The topological polar surface area (TPSA) is 29.1 Å². The van der Waals surface area contributed by atoms with Crippen molar-refractivity contribution < 1.29 is 4.79 Å². The van der Waals surface area contributed by atoms with Gasteiger partial charge < -0.3 is 5.32 Å². The molecule has 1 N–H and O–H groups in total. The molecule has 0 aliphatic rings. The van der Waals surface area contributed by atoms with E-state index in [2.05, 4.69) is 17.9 Å². The van der Waals surface area contributed by atoms with Crippen molar-refractivity contribution in [1.29, 1.82) is 0 Å². The molecule has 0 amide bonds. The molecule has 188 valence electrons. The fraction of sp³-hybridized carbons (Fsp3) is 0.581. The van der Waals surface area contributed by atoms with Crippen molar-refractivity contribution in [3.05, 3.63) is 65.7 Å². The van der Waals surface area contributed by atoms with Gasteiger partial charge in [-0.2, -0.15) is 12.6 Å². The fourth-order valence-corrected chi connectivity index (χ4v) is 4.66. The zero-order valence-electron chi connectivity index (χ0n) is 21.3. The summed E-state index contributed by atoms with van der Waals surface area (Å²) in [5.41, 5.74) is 2.58. The predicted octanol–water partition coefficient (Wildman–Crippen LogP) is 9.50. The summed E-state index contributed by atoms with van der Waals surface area (Å²) in [6, 6.07) is 17.3. The second-order valence-corrected chi connectivity index (χ2v) is 10.0. The molecule has 0 spiro atoms. The van der Waals surface area contributed by atoms with Crippen LogP contribution < -0.4 is 5.32 Å². The van der Waals surface area contributed by atoms with E-state index in [1.54, 1.807) is 0 Å². The van der Waals surface area contributed by atoms with Crippen LogP contribution in [0.1, 0.15) is 119 Å². The van der Waals surface area contributed by atoms with Crippen molar-refractivity contribution in [3.8, 4) is 0 Å². The lowest BCUT2D eigenvalue weighted by Gasteiger charge is -2.08. The van der Waals surface area contributed by atoms with Gasteiger partial charge in [0.15, 0.2) is 5.78 Å². The molecule has 0 aromatic heterocycles. The molecule has 2 rings (SSSR count). The van der Waals surface area contributed by atoms with E-state index in [-0.39, 0.29) is 5.78 Å². The van der Waals surface area contributed by atoms with Gasteiger partial charge in [-0.25, -0.2) is 0 Å². The van der Waals surface area contributed by atoms with Gasteiger partial charge in [0.05, 0.1) is 0 Å². The lowest BCUT2D eigenvalue weighted by atomic mass is 10.0. The Labute approximate surface area is 214 Å². The molecule has 0 fully saturated rings. The molecule has 0 aliphatic carbocycles. The van der Waals surface area contributed by atoms with E-state index in [0.717, 1.165) is 29.1 Å². The summed E-state index contributed by atoms with van der Waals surface area (Å²) >= 11 is 4.27. The molecule has 3 heteroatoms. The van der Waals surface area contributed by atoms with Gasteiger partial charge >= 0.3 is 0 Å². The molecule has 2 aromatic rings. The Hall–Kier alpha value is -1.74. The lowest BCUT2D eigenvalue weighted by Crippen LogP contribution is -2.03. The van der Waals surface area contributed by atoms with Gasteiger partial charge in [-0.1, -0.05) is 120 Å². The summed E-state index contributed by atoms with van der Waals surface area (Å²) in [4.78, 5) is 12.5. The number of hydrogen-bond acceptors (Lipinski definition) is 3. The number of anilines is 1. The average molecular weight is 482 g/mol. The van der Waals surface area contributed by atoms with Crippen molar-refractivity contribution >= 4 is 24.1 Å². The number of carbonyl (C=O) groups is 1. The highest BCUT2D eigenvalue weighted by Crippen LogP contribution is 2.16. The van der Waals surface area contributed by atoms with Crippen molar-refractivity contribution in [1.82, 2.24) is 0 Å². The number of hydrogen-bond donors (Lipinski definition) is 2. The second-order valence-electron chi connectivity index (χ2n) is 9.58. The van der Waals surface area contributed by atoms with E-state index in [0.29, 0.717) is 0 Å². The number of ketones is 1. The van der Waals surface area contributed by atoms with Gasteiger partial charge in [0.1, 0.15) is 0 Å². The van der Waals surface area contributed by atoms with E-state index in [1.807, 2.05) is 54.6 Å². The van der Waals surface area contributed by atoms with Crippen LogP contribution in [0.5, 0.6) is 0 Å². The third-order valence-corrected chi connectivity index (χ3v) is 6.91. The number of thiol groups is 1. The minimum Gasteiger partial charge on any atom is -0.385 e. The van der Waals surface area contributed by atoms with Crippen LogP contribution in [0.15, 0.2) is 54.6 Å². The Balaban J connectivity index is 1.37. The number of rotatable bonds is 21. The van der Waals surface area contributed by atoms with E-state index >= 15 is 0 Å². The van der Waals surface area contributed by atoms with Crippen molar-refractivity contribution in [3.63, 3.8) is 0 Å². The molecule has 0 bridgehead atoms. The van der Waals surface area contributed by atoms with Crippen LogP contribution in [-0.4, -0.2) is 18.1 Å². The molecular formula is C31H47NOS. The first-order valence-electron chi connectivity index (χ1n) is 13.9. The standard InChI is InChI=1S/C31H47NOS/c33-31(28-20-16-15-17-21-28)29-22-24-30(25-23-29)32-26-18-13-11-9-7-5-3-1-2-4-6-8-10-12-14-19-27-34/h15-17,20-25,32,34H,1-14,18-19,26-27H2. The normalized spacial score (nSPS) is 11.0. The van der Waals surface area contributed by atoms with Gasteiger partial charge in [-0.15, -0.1) is 0 Å². The lowest BCUT2D eigenvalue weighted by molar-refractivity contribution is 0.103. The van der Waals surface area contributed by atoms with Crippen LogP contribution in [0.3, 0.4) is 0 Å². The molecule has 0 unspecified atom stereocenters. The summed E-state index contributed by atoms with van der Waals surface area (Å²) in [5, 5.41) is 3.49. The molecule has 0 atom stereocenters. The molecule has 2 aromatic carbocycles. The minimum atomic E-state index is 0.0817. The maximum Gasteiger partial charge on any atom is 0.193 e. The summed E-state index contributed by atoms with van der Waals surface area (Å²) < 4.78 is 0. The van der Waals surface area contributed by atoms with Crippen LogP contribution in [-0.2, 0) is 0 Å². The van der Waals surface area contributed by atoms with Crippen molar-refractivity contribution in [2.24, 2.45) is 0 Å². The molecule has 0 saturated heterocycles.